The minimum absolute atomic E-state index is 0.163. The number of H-pyrrole nitrogens is 1. The molecule has 3 rings (SSSR count). The maximum Gasteiger partial charge on any atom is 0.335 e. The summed E-state index contributed by atoms with van der Waals surface area (Å²) in [5.41, 5.74) is 5.90. The van der Waals surface area contributed by atoms with Crippen LogP contribution in [0.4, 0.5) is 5.69 Å². The lowest BCUT2D eigenvalue weighted by molar-refractivity contribution is 0.0697. The van der Waals surface area contributed by atoms with Gasteiger partial charge in [-0.2, -0.15) is 0 Å². The van der Waals surface area contributed by atoms with Crippen LogP contribution in [-0.4, -0.2) is 28.0 Å². The molecule has 0 radical (unpaired) electrons. The quantitative estimate of drug-likeness (QED) is 0.216. The number of nitrogens with zero attached hydrogens (tertiary/aromatic N) is 3. The molecule has 0 saturated carbocycles. The lowest BCUT2D eigenvalue weighted by Crippen LogP contribution is -2.14. The molecule has 2 aromatic carbocycles. The summed E-state index contributed by atoms with van der Waals surface area (Å²) < 4.78 is 6.95. The maximum atomic E-state index is 13.0. The fraction of sp³-hybridized carbons (Fsp3) is 0.286. The zero-order valence-electron chi connectivity index (χ0n) is 22.2. The van der Waals surface area contributed by atoms with E-state index in [9.17, 15) is 14.7 Å². The maximum absolute atomic E-state index is 13.0. The van der Waals surface area contributed by atoms with Crippen LogP contribution in [0.15, 0.2) is 69.5 Å². The van der Waals surface area contributed by atoms with Gasteiger partial charge in [-0.3, -0.25) is 9.89 Å². The normalized spacial score (nSPS) is 11.6. The third-order valence-corrected chi connectivity index (χ3v) is 5.76. The molecule has 0 spiro atoms. The lowest BCUT2D eigenvalue weighted by atomic mass is 9.97. The molecule has 0 unspecified atom stereocenters. The Bertz CT molecular complexity index is 1410. The lowest BCUT2D eigenvalue weighted by Gasteiger charge is -2.13. The number of benzene rings is 2. The molecule has 1 heterocycles. The first-order valence-electron chi connectivity index (χ1n) is 11.6. The first-order valence-corrected chi connectivity index (χ1v) is 11.6. The Kier molecular flexibility index (Phi) is 9.32. The Labute approximate surface area is 211 Å². The van der Waals surface area contributed by atoms with Crippen molar-refractivity contribution in [1.82, 2.24) is 9.78 Å². The molecule has 8 heteroatoms. The number of aromatic carboxylic acids is 1. The molecule has 0 saturated heterocycles. The summed E-state index contributed by atoms with van der Waals surface area (Å²) in [5.74, 6) is -0.674. The number of rotatable bonds is 7. The van der Waals surface area contributed by atoms with Gasteiger partial charge in [0.1, 0.15) is 11.5 Å². The number of carboxylic acid groups (broad SMARTS) is 1. The number of methoxy groups -OCH3 is 1. The number of aryl methyl sites for hydroxylation is 4. The van der Waals surface area contributed by atoms with E-state index in [0.717, 1.165) is 16.7 Å². The summed E-state index contributed by atoms with van der Waals surface area (Å²) >= 11 is 0. The summed E-state index contributed by atoms with van der Waals surface area (Å²) in [6.45, 7) is 17.4. The van der Waals surface area contributed by atoms with Crippen LogP contribution in [0.25, 0.3) is 11.3 Å². The van der Waals surface area contributed by atoms with Crippen molar-refractivity contribution < 1.29 is 14.6 Å². The largest absolute Gasteiger partial charge is 0.494 e. The number of ether oxygens (including phenoxy) is 1. The summed E-state index contributed by atoms with van der Waals surface area (Å²) in [4.78, 5) is 24.4. The average Bonchev–Trinajstić information content (AvgIpc) is 3.14. The van der Waals surface area contributed by atoms with E-state index in [1.54, 1.807) is 32.0 Å². The SMILES string of the molecule is C=C(N=Nc1c(C)[nH]n(-c2ccc(C)c(C)c2)c1=O)/C(OC)=C(\C)c1cc(C(=O)O)ccc1C.CC. The van der Waals surface area contributed by atoms with Gasteiger partial charge in [-0.1, -0.05) is 32.6 Å². The zero-order chi connectivity index (χ0) is 27.2. The minimum Gasteiger partial charge on any atom is -0.494 e. The second-order valence-corrected chi connectivity index (χ2v) is 8.13. The van der Waals surface area contributed by atoms with Crippen LogP contribution in [0.3, 0.4) is 0 Å². The van der Waals surface area contributed by atoms with Gasteiger partial charge in [-0.15, -0.1) is 10.2 Å². The third kappa shape index (κ3) is 5.89. The Balaban J connectivity index is 0.00000222. The molecule has 0 amide bonds. The Morgan fingerprint density at radius 3 is 2.25 bits per heavy atom. The van der Waals surface area contributed by atoms with Crippen molar-refractivity contribution in [3.8, 4) is 5.69 Å². The van der Waals surface area contributed by atoms with Gasteiger partial charge in [-0.05, 0) is 81.1 Å². The number of carboxylic acids is 1. The second kappa shape index (κ2) is 12.0. The summed E-state index contributed by atoms with van der Waals surface area (Å²) in [5, 5.41) is 20.7. The Morgan fingerprint density at radius 1 is 1.03 bits per heavy atom. The van der Waals surface area contributed by atoms with E-state index in [1.807, 2.05) is 52.8 Å². The highest BCUT2D eigenvalue weighted by atomic mass is 16.5. The van der Waals surface area contributed by atoms with Crippen LogP contribution in [0.1, 0.15) is 59.1 Å². The number of azo groups is 1. The van der Waals surface area contributed by atoms with Gasteiger partial charge in [0.05, 0.1) is 24.1 Å². The first-order chi connectivity index (χ1) is 17.0. The van der Waals surface area contributed by atoms with Crippen LogP contribution in [0, 0.1) is 27.7 Å². The highest BCUT2D eigenvalue weighted by Gasteiger charge is 2.16. The Morgan fingerprint density at radius 2 is 1.67 bits per heavy atom. The van der Waals surface area contributed by atoms with E-state index in [1.165, 1.54) is 11.8 Å². The minimum atomic E-state index is -1.02. The number of hydrogen-bond acceptors (Lipinski definition) is 5. The smallest absolute Gasteiger partial charge is 0.335 e. The van der Waals surface area contributed by atoms with Gasteiger partial charge < -0.3 is 9.84 Å². The number of aromatic nitrogens is 2. The van der Waals surface area contributed by atoms with E-state index in [4.69, 9.17) is 4.74 Å². The van der Waals surface area contributed by atoms with Crippen molar-refractivity contribution in [1.29, 1.82) is 0 Å². The van der Waals surface area contributed by atoms with Gasteiger partial charge >= 0.3 is 5.97 Å². The molecule has 1 aromatic heterocycles. The van der Waals surface area contributed by atoms with Crippen LogP contribution < -0.4 is 5.56 Å². The third-order valence-electron chi connectivity index (χ3n) is 5.76. The number of aromatic amines is 1. The fourth-order valence-electron chi connectivity index (χ4n) is 3.63. The van der Waals surface area contributed by atoms with Gasteiger partial charge in [0.2, 0.25) is 0 Å². The van der Waals surface area contributed by atoms with Crippen LogP contribution in [0.5, 0.6) is 0 Å². The van der Waals surface area contributed by atoms with Gasteiger partial charge in [0, 0.05) is 5.57 Å². The molecule has 0 aliphatic heterocycles. The summed E-state index contributed by atoms with van der Waals surface area (Å²) in [6.07, 6.45) is 0. The van der Waals surface area contributed by atoms with Gasteiger partial charge in [0.25, 0.3) is 5.56 Å². The van der Waals surface area contributed by atoms with Gasteiger partial charge in [-0.25, -0.2) is 9.48 Å². The molecule has 2 N–H and O–H groups in total. The number of allylic oxidation sites excluding steroid dienone is 1. The summed E-state index contributed by atoms with van der Waals surface area (Å²) in [7, 11) is 1.48. The predicted octanol–water partition coefficient (Wildman–Crippen LogP) is 6.80. The Hall–Kier alpha value is -4.20. The fourth-order valence-corrected chi connectivity index (χ4v) is 3.63. The van der Waals surface area contributed by atoms with E-state index >= 15 is 0 Å². The molecule has 0 fully saturated rings. The van der Waals surface area contributed by atoms with Crippen molar-refractivity contribution in [2.24, 2.45) is 10.2 Å². The van der Waals surface area contributed by atoms with Crippen LogP contribution in [-0.2, 0) is 4.74 Å². The van der Waals surface area contributed by atoms with Gasteiger partial charge in [0.15, 0.2) is 5.69 Å². The van der Waals surface area contributed by atoms with Crippen molar-refractivity contribution in [2.75, 3.05) is 7.11 Å². The van der Waals surface area contributed by atoms with E-state index in [0.29, 0.717) is 28.3 Å². The molecule has 0 aliphatic carbocycles. The standard InChI is InChI=1S/C26H28N4O4.C2H6/c1-14-9-11-21(12-16(14)3)30-25(31)23(18(5)29-30)28-27-19(6)24(34-7)17(4)22-13-20(26(32)33)10-8-15(22)2;1-2/h8-13,29H,6H2,1-5,7H3,(H,32,33);1-2H3/b24-17-,28-27?;. The number of hydrogen-bond donors (Lipinski definition) is 2. The van der Waals surface area contributed by atoms with Crippen molar-refractivity contribution in [3.05, 3.63) is 98.3 Å². The molecule has 8 nitrogen and oxygen atoms in total. The second-order valence-electron chi connectivity index (χ2n) is 8.13. The summed E-state index contributed by atoms with van der Waals surface area (Å²) in [6, 6.07) is 10.6. The molecule has 36 heavy (non-hydrogen) atoms. The highest BCUT2D eigenvalue weighted by Crippen LogP contribution is 2.28. The predicted molar refractivity (Wildman–Crippen MR) is 143 cm³/mol. The average molecular weight is 491 g/mol. The molecule has 0 atom stereocenters. The molecule has 190 valence electrons. The topological polar surface area (TPSA) is 109 Å². The molecule has 3 aromatic rings. The molecule has 0 aliphatic rings. The van der Waals surface area contributed by atoms with Crippen molar-refractivity contribution in [3.63, 3.8) is 0 Å². The van der Waals surface area contributed by atoms with E-state index in [-0.39, 0.29) is 22.5 Å². The van der Waals surface area contributed by atoms with Crippen LogP contribution >= 0.6 is 0 Å². The van der Waals surface area contributed by atoms with Crippen molar-refractivity contribution >= 4 is 17.2 Å². The number of nitrogens with one attached hydrogen (secondary N) is 1. The highest BCUT2D eigenvalue weighted by molar-refractivity contribution is 5.89. The zero-order valence-corrected chi connectivity index (χ0v) is 22.2. The van der Waals surface area contributed by atoms with E-state index in [2.05, 4.69) is 21.9 Å². The first kappa shape index (κ1) is 28.0. The molecular formula is C28H34N4O4. The monoisotopic (exact) mass is 490 g/mol. The van der Waals surface area contributed by atoms with Crippen molar-refractivity contribution in [2.45, 2.75) is 48.5 Å². The van der Waals surface area contributed by atoms with Crippen LogP contribution in [0.2, 0.25) is 0 Å². The number of carbonyl (C=O) groups is 1. The molecule has 0 bridgehead atoms. The van der Waals surface area contributed by atoms with E-state index < -0.39 is 5.97 Å². The molecular weight excluding hydrogens is 456 g/mol.